The summed E-state index contributed by atoms with van der Waals surface area (Å²) in [5.74, 6) is -0.267. The quantitative estimate of drug-likeness (QED) is 0.440. The van der Waals surface area contributed by atoms with Gasteiger partial charge in [-0.15, -0.1) is 5.10 Å². The molecule has 146 valence electrons. The average Bonchev–Trinajstić information content (AvgIpc) is 2.98. The van der Waals surface area contributed by atoms with Crippen LogP contribution in [0.1, 0.15) is 37.3 Å². The standard InChI is InChI=1S/C21H21ClFN3OS/c1-2-3-4-19-20(27)26(14-16-7-11-18(23)12-8-16)21(28-19)25-24-13-15-5-9-17(22)10-6-15/h5-13,19H,2-4,14H2,1H3/b24-13+,25-21-. The maximum atomic E-state index is 13.2. The molecule has 0 radical (unpaired) electrons. The number of rotatable bonds is 7. The Morgan fingerprint density at radius 1 is 1.18 bits per heavy atom. The summed E-state index contributed by atoms with van der Waals surface area (Å²) in [6.45, 7) is 2.45. The molecule has 0 N–H and O–H groups in total. The summed E-state index contributed by atoms with van der Waals surface area (Å²) in [7, 11) is 0. The number of amides is 1. The van der Waals surface area contributed by atoms with Crippen molar-refractivity contribution < 1.29 is 9.18 Å². The van der Waals surface area contributed by atoms with E-state index in [1.807, 2.05) is 12.1 Å². The number of thioether (sulfide) groups is 1. The van der Waals surface area contributed by atoms with E-state index in [-0.39, 0.29) is 17.0 Å². The Morgan fingerprint density at radius 2 is 1.89 bits per heavy atom. The molecule has 1 atom stereocenters. The van der Waals surface area contributed by atoms with Crippen molar-refractivity contribution in [3.05, 3.63) is 70.5 Å². The fourth-order valence-electron chi connectivity index (χ4n) is 2.77. The monoisotopic (exact) mass is 417 g/mol. The molecule has 0 aliphatic carbocycles. The molecule has 7 heteroatoms. The summed E-state index contributed by atoms with van der Waals surface area (Å²) in [5.41, 5.74) is 1.72. The Hall–Kier alpha value is -2.18. The zero-order valence-electron chi connectivity index (χ0n) is 15.5. The van der Waals surface area contributed by atoms with Crippen LogP contribution in [-0.2, 0) is 11.3 Å². The smallest absolute Gasteiger partial charge is 0.242 e. The summed E-state index contributed by atoms with van der Waals surface area (Å²) in [6, 6.07) is 13.4. The molecule has 1 saturated heterocycles. The van der Waals surface area contributed by atoms with Gasteiger partial charge in [-0.1, -0.05) is 67.4 Å². The van der Waals surface area contributed by atoms with E-state index in [1.165, 1.54) is 23.9 Å². The van der Waals surface area contributed by atoms with Crippen LogP contribution in [0, 0.1) is 5.82 Å². The van der Waals surface area contributed by atoms with E-state index in [2.05, 4.69) is 17.1 Å². The molecule has 2 aromatic carbocycles. The number of nitrogens with zero attached hydrogens (tertiary/aromatic N) is 3. The van der Waals surface area contributed by atoms with E-state index >= 15 is 0 Å². The number of carbonyl (C=O) groups excluding carboxylic acids is 1. The van der Waals surface area contributed by atoms with Crippen LogP contribution in [0.2, 0.25) is 5.02 Å². The molecular formula is C21H21ClFN3OS. The lowest BCUT2D eigenvalue weighted by atomic mass is 10.1. The van der Waals surface area contributed by atoms with Gasteiger partial charge in [0.05, 0.1) is 18.0 Å². The van der Waals surface area contributed by atoms with Crippen molar-refractivity contribution in [2.75, 3.05) is 0 Å². The lowest BCUT2D eigenvalue weighted by Gasteiger charge is -2.15. The summed E-state index contributed by atoms with van der Waals surface area (Å²) in [5, 5.41) is 9.52. The summed E-state index contributed by atoms with van der Waals surface area (Å²) < 4.78 is 13.2. The Labute approximate surface area is 173 Å². The third-order valence-electron chi connectivity index (χ3n) is 4.31. The highest BCUT2D eigenvalue weighted by Crippen LogP contribution is 2.32. The molecule has 0 saturated carbocycles. The molecule has 1 aliphatic rings. The Kier molecular flexibility index (Phi) is 7.23. The van der Waals surface area contributed by atoms with E-state index in [9.17, 15) is 9.18 Å². The topological polar surface area (TPSA) is 45.0 Å². The second-order valence-electron chi connectivity index (χ2n) is 6.48. The van der Waals surface area contributed by atoms with E-state index < -0.39 is 0 Å². The van der Waals surface area contributed by atoms with Crippen LogP contribution in [0.5, 0.6) is 0 Å². The van der Waals surface area contributed by atoms with Crippen LogP contribution >= 0.6 is 23.4 Å². The minimum absolute atomic E-state index is 0.0308. The third kappa shape index (κ3) is 5.42. The number of amidine groups is 1. The van der Waals surface area contributed by atoms with Crippen molar-refractivity contribution in [2.24, 2.45) is 10.2 Å². The maximum Gasteiger partial charge on any atom is 0.242 e. The number of hydrogen-bond acceptors (Lipinski definition) is 4. The van der Waals surface area contributed by atoms with E-state index in [0.29, 0.717) is 16.7 Å². The first kappa shape index (κ1) is 20.6. The van der Waals surface area contributed by atoms with Crippen molar-refractivity contribution in [3.8, 4) is 0 Å². The van der Waals surface area contributed by atoms with Gasteiger partial charge in [0, 0.05) is 5.02 Å². The Bertz CT molecular complexity index is 868. The van der Waals surface area contributed by atoms with Crippen molar-refractivity contribution >= 4 is 40.7 Å². The van der Waals surface area contributed by atoms with Crippen LogP contribution in [-0.4, -0.2) is 27.4 Å². The number of halogens is 2. The maximum absolute atomic E-state index is 13.2. The largest absolute Gasteiger partial charge is 0.284 e. The predicted octanol–water partition coefficient (Wildman–Crippen LogP) is 5.50. The SMILES string of the molecule is CCCCC1S/C(=N\N=C\c2ccc(Cl)cc2)N(Cc2ccc(F)cc2)C1=O. The molecule has 2 aromatic rings. The number of unbranched alkanes of at least 4 members (excludes halogenated alkanes) is 1. The van der Waals surface area contributed by atoms with Crippen LogP contribution in [0.3, 0.4) is 0 Å². The van der Waals surface area contributed by atoms with Gasteiger partial charge in [-0.05, 0) is 41.8 Å². The average molecular weight is 418 g/mol. The molecule has 3 rings (SSSR count). The molecule has 1 aliphatic heterocycles. The van der Waals surface area contributed by atoms with Crippen LogP contribution in [0.25, 0.3) is 0 Å². The first-order chi connectivity index (χ1) is 13.6. The van der Waals surface area contributed by atoms with Gasteiger partial charge in [-0.2, -0.15) is 5.10 Å². The number of benzene rings is 2. The van der Waals surface area contributed by atoms with E-state index in [0.717, 1.165) is 30.4 Å². The van der Waals surface area contributed by atoms with Crippen molar-refractivity contribution in [2.45, 2.75) is 38.0 Å². The van der Waals surface area contributed by atoms with Gasteiger partial charge in [0.25, 0.3) is 0 Å². The fourth-order valence-corrected chi connectivity index (χ4v) is 4.04. The van der Waals surface area contributed by atoms with Gasteiger partial charge in [-0.25, -0.2) is 4.39 Å². The zero-order chi connectivity index (χ0) is 19.9. The normalized spacial score (nSPS) is 18.5. The first-order valence-electron chi connectivity index (χ1n) is 9.16. The van der Waals surface area contributed by atoms with Crippen LogP contribution in [0.15, 0.2) is 58.7 Å². The van der Waals surface area contributed by atoms with Crippen LogP contribution < -0.4 is 0 Å². The first-order valence-corrected chi connectivity index (χ1v) is 10.4. The highest BCUT2D eigenvalue weighted by atomic mass is 35.5. The third-order valence-corrected chi connectivity index (χ3v) is 5.80. The van der Waals surface area contributed by atoms with Gasteiger partial charge in [0.1, 0.15) is 5.82 Å². The van der Waals surface area contributed by atoms with Crippen LogP contribution in [0.4, 0.5) is 4.39 Å². The Balaban J connectivity index is 1.78. The number of carbonyl (C=O) groups is 1. The molecule has 0 spiro atoms. The molecule has 1 fully saturated rings. The molecule has 0 aromatic heterocycles. The lowest BCUT2D eigenvalue weighted by Crippen LogP contribution is -2.31. The highest BCUT2D eigenvalue weighted by Gasteiger charge is 2.37. The molecule has 1 unspecified atom stereocenters. The molecule has 1 amide bonds. The van der Waals surface area contributed by atoms with E-state index in [1.54, 1.807) is 35.4 Å². The van der Waals surface area contributed by atoms with E-state index in [4.69, 9.17) is 11.6 Å². The van der Waals surface area contributed by atoms with Crippen molar-refractivity contribution in [1.29, 1.82) is 0 Å². The molecule has 1 heterocycles. The lowest BCUT2D eigenvalue weighted by molar-refractivity contribution is -0.126. The van der Waals surface area contributed by atoms with Gasteiger partial charge in [0.2, 0.25) is 5.91 Å². The zero-order valence-corrected chi connectivity index (χ0v) is 17.1. The highest BCUT2D eigenvalue weighted by molar-refractivity contribution is 8.15. The molecule has 4 nitrogen and oxygen atoms in total. The second-order valence-corrected chi connectivity index (χ2v) is 8.08. The minimum atomic E-state index is -0.298. The van der Waals surface area contributed by atoms with Crippen molar-refractivity contribution in [1.82, 2.24) is 4.90 Å². The number of hydrogen-bond donors (Lipinski definition) is 0. The van der Waals surface area contributed by atoms with Gasteiger partial charge in [0.15, 0.2) is 5.17 Å². The van der Waals surface area contributed by atoms with Gasteiger partial charge in [-0.3, -0.25) is 9.69 Å². The predicted molar refractivity (Wildman–Crippen MR) is 114 cm³/mol. The van der Waals surface area contributed by atoms with Crippen molar-refractivity contribution in [3.63, 3.8) is 0 Å². The van der Waals surface area contributed by atoms with Gasteiger partial charge < -0.3 is 0 Å². The second kappa shape index (κ2) is 9.85. The Morgan fingerprint density at radius 3 is 2.57 bits per heavy atom. The minimum Gasteiger partial charge on any atom is -0.284 e. The molecular weight excluding hydrogens is 397 g/mol. The molecule has 0 bridgehead atoms. The fraction of sp³-hybridized carbons (Fsp3) is 0.286. The molecule has 28 heavy (non-hydrogen) atoms. The summed E-state index contributed by atoms with van der Waals surface area (Å²) in [6.07, 6.45) is 4.45. The summed E-state index contributed by atoms with van der Waals surface area (Å²) in [4.78, 5) is 14.5. The summed E-state index contributed by atoms with van der Waals surface area (Å²) >= 11 is 7.33. The van der Waals surface area contributed by atoms with Gasteiger partial charge >= 0.3 is 0 Å².